The summed E-state index contributed by atoms with van der Waals surface area (Å²) in [5.41, 5.74) is -3.39. The van der Waals surface area contributed by atoms with Crippen LogP contribution in [-0.2, 0) is 13.2 Å². The van der Waals surface area contributed by atoms with E-state index < -0.39 is 51.9 Å². The molecule has 27 heavy (non-hydrogen) atoms. The minimum absolute atomic E-state index is 0.0687. The van der Waals surface area contributed by atoms with Gasteiger partial charge in [0.2, 0.25) is 0 Å². The fourth-order valence-corrected chi connectivity index (χ4v) is 4.86. The van der Waals surface area contributed by atoms with E-state index in [0.717, 1.165) is 0 Å². The van der Waals surface area contributed by atoms with Gasteiger partial charge in [0.25, 0.3) is 0 Å². The van der Waals surface area contributed by atoms with E-state index in [-0.39, 0.29) is 21.4 Å². The average Bonchev–Trinajstić information content (AvgIpc) is 3.16. The summed E-state index contributed by atoms with van der Waals surface area (Å²) < 4.78 is 86.6. The van der Waals surface area contributed by atoms with Crippen LogP contribution in [0.1, 0.15) is 31.2 Å². The molecule has 4 nitrogen and oxygen atoms in total. The van der Waals surface area contributed by atoms with Crippen LogP contribution in [0, 0.1) is 13.8 Å². The van der Waals surface area contributed by atoms with Crippen LogP contribution >= 0.6 is 22.7 Å². The third kappa shape index (κ3) is 2.64. The van der Waals surface area contributed by atoms with Crippen LogP contribution in [0.5, 0.6) is 0 Å². The molecule has 2 heterocycles. The number of aliphatic hydroxyl groups excluding tert-OH is 2. The second-order valence-corrected chi connectivity index (χ2v) is 8.00. The lowest BCUT2D eigenvalue weighted by atomic mass is 10.0. The predicted octanol–water partition coefficient (Wildman–Crippen LogP) is 4.03. The summed E-state index contributed by atoms with van der Waals surface area (Å²) in [7, 11) is 0. The summed E-state index contributed by atoms with van der Waals surface area (Å²) in [5, 5.41) is 18.1. The first-order chi connectivity index (χ1) is 12.4. The molecule has 0 fully saturated rings. The zero-order valence-corrected chi connectivity index (χ0v) is 15.4. The minimum Gasteiger partial charge on any atom is -0.389 e. The van der Waals surface area contributed by atoms with Crippen molar-refractivity contribution < 1.29 is 36.6 Å². The Morgan fingerprint density at radius 2 is 1.07 bits per heavy atom. The van der Waals surface area contributed by atoms with Crippen molar-refractivity contribution in [1.82, 2.24) is 9.97 Å². The van der Waals surface area contributed by atoms with E-state index >= 15 is 0 Å². The van der Waals surface area contributed by atoms with Gasteiger partial charge in [0, 0.05) is 0 Å². The zero-order chi connectivity index (χ0) is 20.4. The average molecular weight is 430 g/mol. The number of hydrogen-bond acceptors (Lipinski definition) is 6. The highest BCUT2D eigenvalue weighted by Crippen LogP contribution is 2.66. The molecular formula is C15H12F6N2O2S2. The Labute approximate surface area is 156 Å². The second-order valence-electron chi connectivity index (χ2n) is 5.83. The van der Waals surface area contributed by atoms with Crippen LogP contribution in [0.3, 0.4) is 0 Å². The van der Waals surface area contributed by atoms with Crippen molar-refractivity contribution >= 4 is 33.8 Å². The highest BCUT2D eigenvalue weighted by molar-refractivity contribution is 7.14. The first-order valence-electron chi connectivity index (χ1n) is 7.43. The quantitative estimate of drug-likeness (QED) is 0.719. The van der Waals surface area contributed by atoms with Gasteiger partial charge in [-0.25, -0.2) is 9.97 Å². The molecule has 2 aromatic rings. The van der Waals surface area contributed by atoms with E-state index in [1.54, 1.807) is 0 Å². The highest BCUT2D eigenvalue weighted by atomic mass is 32.1. The molecule has 0 saturated carbocycles. The number of aliphatic hydroxyl groups is 2. The molecule has 0 aliphatic heterocycles. The van der Waals surface area contributed by atoms with E-state index in [2.05, 4.69) is 9.97 Å². The van der Waals surface area contributed by atoms with E-state index in [1.807, 2.05) is 0 Å². The largest absolute Gasteiger partial charge is 0.389 e. The number of hydrogen-bond donors (Lipinski definition) is 2. The van der Waals surface area contributed by atoms with E-state index in [4.69, 9.17) is 10.2 Å². The molecule has 0 bridgehead atoms. The Balaban J connectivity index is 2.42. The van der Waals surface area contributed by atoms with Crippen molar-refractivity contribution in [2.24, 2.45) is 0 Å². The van der Waals surface area contributed by atoms with Gasteiger partial charge in [0.15, 0.2) is 0 Å². The summed E-state index contributed by atoms with van der Waals surface area (Å²) in [6, 6.07) is 0. The highest BCUT2D eigenvalue weighted by Gasteiger charge is 2.80. The summed E-state index contributed by atoms with van der Waals surface area (Å²) in [4.78, 5) is 6.44. The van der Waals surface area contributed by atoms with Gasteiger partial charge >= 0.3 is 17.8 Å². The fourth-order valence-electron chi connectivity index (χ4n) is 2.84. The van der Waals surface area contributed by atoms with Crippen LogP contribution in [0.4, 0.5) is 26.3 Å². The second kappa shape index (κ2) is 6.26. The fraction of sp³-hybridized carbons (Fsp3) is 0.467. The van der Waals surface area contributed by atoms with Gasteiger partial charge in [-0.15, -0.1) is 22.7 Å². The third-order valence-electron chi connectivity index (χ3n) is 4.07. The number of halogens is 6. The van der Waals surface area contributed by atoms with Crippen molar-refractivity contribution in [2.45, 2.75) is 44.8 Å². The van der Waals surface area contributed by atoms with E-state index in [0.29, 0.717) is 22.7 Å². The van der Waals surface area contributed by atoms with Gasteiger partial charge in [0.05, 0.1) is 45.5 Å². The molecule has 0 atom stereocenters. The Hall–Kier alpha value is -1.50. The van der Waals surface area contributed by atoms with Crippen molar-refractivity contribution in [3.8, 4) is 0 Å². The zero-order valence-electron chi connectivity index (χ0n) is 13.8. The summed E-state index contributed by atoms with van der Waals surface area (Å²) >= 11 is 0.893. The van der Waals surface area contributed by atoms with Crippen LogP contribution in [0.15, 0.2) is 0 Å². The van der Waals surface area contributed by atoms with Crippen molar-refractivity contribution in [3.63, 3.8) is 0 Å². The van der Waals surface area contributed by atoms with Gasteiger partial charge < -0.3 is 10.2 Å². The van der Waals surface area contributed by atoms with Crippen LogP contribution in [0.2, 0.25) is 0 Å². The van der Waals surface area contributed by atoms with Gasteiger partial charge in [0.1, 0.15) is 10.0 Å². The first-order valence-corrected chi connectivity index (χ1v) is 9.07. The molecule has 3 rings (SSSR count). The normalized spacial score (nSPS) is 20.5. The molecule has 2 N–H and O–H groups in total. The molecular weight excluding hydrogens is 418 g/mol. The molecule has 1 aliphatic rings. The lowest BCUT2D eigenvalue weighted by Gasteiger charge is -2.25. The maximum atomic E-state index is 14.6. The van der Waals surface area contributed by atoms with Crippen LogP contribution in [-0.4, -0.2) is 37.9 Å². The van der Waals surface area contributed by atoms with E-state index in [9.17, 15) is 26.3 Å². The molecule has 0 radical (unpaired) electrons. The topological polar surface area (TPSA) is 66.2 Å². The summed E-state index contributed by atoms with van der Waals surface area (Å²) in [5.74, 6) is -16.0. The molecule has 0 amide bonds. The molecule has 1 aliphatic carbocycles. The summed E-state index contributed by atoms with van der Waals surface area (Å²) in [6.45, 7) is 1.11. The van der Waals surface area contributed by atoms with Crippen molar-refractivity contribution in [2.75, 3.05) is 0 Å². The lowest BCUT2D eigenvalue weighted by Crippen LogP contribution is -2.48. The van der Waals surface area contributed by atoms with Gasteiger partial charge in [-0.05, 0) is 13.8 Å². The number of aromatic nitrogens is 2. The molecule has 148 valence electrons. The Morgan fingerprint density at radius 1 is 0.741 bits per heavy atom. The SMILES string of the molecule is Cc1nc(CO)sc1C1=C(c2sc(CO)nc2C)C(F)(F)C(F)(F)C1(F)F. The smallest absolute Gasteiger partial charge is 0.380 e. The molecule has 0 saturated heterocycles. The maximum Gasteiger partial charge on any atom is 0.380 e. The monoisotopic (exact) mass is 430 g/mol. The van der Waals surface area contributed by atoms with Gasteiger partial charge in [-0.1, -0.05) is 0 Å². The summed E-state index contributed by atoms with van der Waals surface area (Å²) in [6.07, 6.45) is 0. The van der Waals surface area contributed by atoms with Crippen molar-refractivity contribution in [3.05, 3.63) is 31.2 Å². The number of thiazole rings is 2. The number of nitrogens with zero attached hydrogens (tertiary/aromatic N) is 2. The minimum atomic E-state index is -5.67. The molecule has 2 aromatic heterocycles. The Kier molecular flexibility index (Phi) is 4.69. The number of rotatable bonds is 4. The lowest BCUT2D eigenvalue weighted by molar-refractivity contribution is -0.254. The molecule has 0 spiro atoms. The third-order valence-corrected chi connectivity index (χ3v) is 6.39. The number of alkyl halides is 6. The standard InChI is InChI=1S/C15H12F6N2O2S2/c1-5-11(26-7(3-24)22-5)9-10(12-6(2)23-8(4-25)27-12)14(18,19)15(20,21)13(9,16)17/h24-25H,3-4H2,1-2H3. The van der Waals surface area contributed by atoms with E-state index in [1.165, 1.54) is 13.8 Å². The Bertz CT molecular complexity index is 863. The molecule has 12 heteroatoms. The predicted molar refractivity (Wildman–Crippen MR) is 87.2 cm³/mol. The van der Waals surface area contributed by atoms with Crippen molar-refractivity contribution in [1.29, 1.82) is 0 Å². The van der Waals surface area contributed by atoms with Gasteiger partial charge in [-0.2, -0.15) is 26.3 Å². The number of aryl methyl sites for hydroxylation is 2. The Morgan fingerprint density at radius 3 is 1.33 bits per heavy atom. The number of allylic oxidation sites excluding steroid dienone is 2. The first kappa shape index (κ1) is 20.2. The maximum absolute atomic E-state index is 14.6. The van der Waals surface area contributed by atoms with Crippen LogP contribution in [0.25, 0.3) is 11.1 Å². The molecule has 0 unspecified atom stereocenters. The molecule has 0 aromatic carbocycles. The van der Waals surface area contributed by atoms with Crippen LogP contribution < -0.4 is 0 Å². The van der Waals surface area contributed by atoms with Gasteiger partial charge in [-0.3, -0.25) is 0 Å².